The Morgan fingerprint density at radius 3 is 1.67 bits per heavy atom. The van der Waals surface area contributed by atoms with Crippen LogP contribution in [0.2, 0.25) is 0 Å². The Morgan fingerprint density at radius 1 is 1.00 bits per heavy atom. The van der Waals surface area contributed by atoms with E-state index in [-0.39, 0.29) is 31.0 Å². The van der Waals surface area contributed by atoms with Gasteiger partial charge in [-0.3, -0.25) is 10.1 Å². The van der Waals surface area contributed by atoms with E-state index in [0.29, 0.717) is 18.9 Å². The molecule has 1 aliphatic rings. The zero-order valence-corrected chi connectivity index (χ0v) is 11.4. The summed E-state index contributed by atoms with van der Waals surface area (Å²) in [5.41, 5.74) is 0. The van der Waals surface area contributed by atoms with Gasteiger partial charge in [-0.25, -0.2) is 0 Å². The molecular formula is C6H8Cl2N3NaO3. The Labute approximate surface area is 120 Å². The molecule has 1 saturated heterocycles. The first-order valence-corrected chi connectivity index (χ1v) is 4.33. The molecule has 6 nitrogen and oxygen atoms in total. The molecule has 0 bridgehead atoms. The van der Waals surface area contributed by atoms with Gasteiger partial charge in [-0.1, -0.05) is 0 Å². The quantitative estimate of drug-likeness (QED) is 0.320. The smallest absolute Gasteiger partial charge is 1.00 e. The van der Waals surface area contributed by atoms with Gasteiger partial charge in [-0.05, 0) is 23.6 Å². The first kappa shape index (κ1) is 15.5. The summed E-state index contributed by atoms with van der Waals surface area (Å²) in [6.45, 7) is 0. The van der Waals surface area contributed by atoms with Crippen LogP contribution in [0.4, 0.5) is 0 Å². The molecule has 80 valence electrons. The molecule has 15 heavy (non-hydrogen) atoms. The Morgan fingerprint density at radius 2 is 1.40 bits per heavy atom. The Hall–Kier alpha value is 0.470. The van der Waals surface area contributed by atoms with E-state index in [1.807, 2.05) is 0 Å². The molecule has 1 N–H and O–H groups in total. The maximum absolute atomic E-state index is 10.6. The normalized spacial score (nSPS) is 32.8. The number of nitrogens with zero attached hydrogens (tertiary/aromatic N) is 2. The third kappa shape index (κ3) is 3.21. The molecule has 0 aliphatic carbocycles. The number of aldehydes is 3. The molecule has 2 unspecified atom stereocenters. The molecule has 1 rings (SSSR count). The fourth-order valence-electron chi connectivity index (χ4n) is 1.06. The van der Waals surface area contributed by atoms with Crippen LogP contribution in [-0.4, -0.2) is 46.2 Å². The minimum absolute atomic E-state index is 0. The molecule has 0 aromatic rings. The molecule has 1 heterocycles. The molecule has 0 aromatic carbocycles. The zero-order chi connectivity index (χ0) is 10.7. The Bertz CT molecular complexity index is 243. The van der Waals surface area contributed by atoms with Crippen molar-refractivity contribution in [1.82, 2.24) is 14.2 Å². The van der Waals surface area contributed by atoms with E-state index in [1.165, 1.54) is 0 Å². The number of carbonyl (C=O) groups is 3. The van der Waals surface area contributed by atoms with Crippen molar-refractivity contribution in [2.24, 2.45) is 0 Å². The SMILES string of the molecule is O=CC1NC(C=O)N(Cl)C(C=O)N1Cl.[H-].[Na+]. The predicted molar refractivity (Wildman–Crippen MR) is 49.2 cm³/mol. The topological polar surface area (TPSA) is 69.7 Å². The van der Waals surface area contributed by atoms with E-state index in [4.69, 9.17) is 23.6 Å². The monoisotopic (exact) mass is 263 g/mol. The fourth-order valence-corrected chi connectivity index (χ4v) is 1.59. The minimum Gasteiger partial charge on any atom is -1.00 e. The van der Waals surface area contributed by atoms with Crippen molar-refractivity contribution in [1.29, 1.82) is 0 Å². The summed E-state index contributed by atoms with van der Waals surface area (Å²) >= 11 is 11.3. The van der Waals surface area contributed by atoms with Gasteiger partial charge in [0, 0.05) is 0 Å². The molecule has 0 aromatic heterocycles. The maximum Gasteiger partial charge on any atom is 1.00 e. The predicted octanol–water partition coefficient (Wildman–Crippen LogP) is -3.81. The van der Waals surface area contributed by atoms with Crippen LogP contribution in [0.3, 0.4) is 0 Å². The van der Waals surface area contributed by atoms with E-state index in [0.717, 1.165) is 8.84 Å². The van der Waals surface area contributed by atoms with Crippen LogP contribution in [-0.2, 0) is 14.4 Å². The van der Waals surface area contributed by atoms with E-state index >= 15 is 0 Å². The molecular weight excluding hydrogens is 256 g/mol. The standard InChI is InChI=1S/C6H7Cl2N3O3.Na.H/c7-10-4(1-12)9-5(2-13)11(8)6(10)3-14;;/h1-6,9H;;/q;+1;-1. The van der Waals surface area contributed by atoms with Gasteiger partial charge in [0.05, 0.1) is 0 Å². The van der Waals surface area contributed by atoms with Crippen LogP contribution in [0.1, 0.15) is 1.43 Å². The van der Waals surface area contributed by atoms with Crippen molar-refractivity contribution in [3.8, 4) is 0 Å². The summed E-state index contributed by atoms with van der Waals surface area (Å²) < 4.78 is 1.79. The van der Waals surface area contributed by atoms with Gasteiger partial charge in [0.25, 0.3) is 0 Å². The first-order valence-electron chi connectivity index (χ1n) is 3.66. The zero-order valence-electron chi connectivity index (χ0n) is 8.84. The second-order valence-corrected chi connectivity index (χ2v) is 3.35. The van der Waals surface area contributed by atoms with Crippen molar-refractivity contribution in [3.63, 3.8) is 0 Å². The van der Waals surface area contributed by atoms with Gasteiger partial charge >= 0.3 is 29.6 Å². The van der Waals surface area contributed by atoms with Crippen LogP contribution in [0.15, 0.2) is 0 Å². The molecule has 0 spiro atoms. The number of carbonyl (C=O) groups excluding carboxylic acids is 3. The fraction of sp³-hybridized carbons (Fsp3) is 0.500. The molecule has 9 heteroatoms. The molecule has 0 radical (unpaired) electrons. The van der Waals surface area contributed by atoms with Gasteiger partial charge < -0.3 is 11.0 Å². The van der Waals surface area contributed by atoms with Gasteiger partial charge in [-0.15, -0.1) is 0 Å². The van der Waals surface area contributed by atoms with E-state index in [1.54, 1.807) is 0 Å². The molecule has 2 atom stereocenters. The van der Waals surface area contributed by atoms with Gasteiger partial charge in [0.2, 0.25) is 0 Å². The summed E-state index contributed by atoms with van der Waals surface area (Å²) in [5, 5.41) is 2.51. The summed E-state index contributed by atoms with van der Waals surface area (Å²) in [7, 11) is 0. The second-order valence-electron chi connectivity index (χ2n) is 2.57. The first-order chi connectivity index (χ1) is 6.65. The average molecular weight is 264 g/mol. The largest absolute Gasteiger partial charge is 1.00 e. The van der Waals surface area contributed by atoms with Crippen molar-refractivity contribution in [2.75, 3.05) is 0 Å². The van der Waals surface area contributed by atoms with Crippen LogP contribution in [0.25, 0.3) is 0 Å². The van der Waals surface area contributed by atoms with E-state index in [9.17, 15) is 14.4 Å². The number of halogens is 2. The van der Waals surface area contributed by atoms with Crippen molar-refractivity contribution < 1.29 is 45.4 Å². The molecule has 1 fully saturated rings. The number of nitrogens with one attached hydrogen (secondary N) is 1. The number of hydrogen-bond acceptors (Lipinski definition) is 6. The molecule has 0 saturated carbocycles. The van der Waals surface area contributed by atoms with Crippen molar-refractivity contribution in [3.05, 3.63) is 0 Å². The van der Waals surface area contributed by atoms with Crippen LogP contribution in [0, 0.1) is 0 Å². The third-order valence-electron chi connectivity index (χ3n) is 1.76. The Balaban J connectivity index is 0. The van der Waals surface area contributed by atoms with Crippen LogP contribution in [0.5, 0.6) is 0 Å². The number of hydrogen-bond donors (Lipinski definition) is 1. The summed E-state index contributed by atoms with van der Waals surface area (Å²) in [4.78, 5) is 31.6. The van der Waals surface area contributed by atoms with E-state index in [2.05, 4.69) is 5.32 Å². The van der Waals surface area contributed by atoms with Crippen LogP contribution >= 0.6 is 23.6 Å². The maximum atomic E-state index is 10.6. The third-order valence-corrected chi connectivity index (χ3v) is 2.58. The van der Waals surface area contributed by atoms with Gasteiger partial charge in [0.15, 0.2) is 25.0 Å². The van der Waals surface area contributed by atoms with Crippen LogP contribution < -0.4 is 34.9 Å². The molecule has 0 amide bonds. The summed E-state index contributed by atoms with van der Waals surface area (Å²) in [6.07, 6.45) is -1.47. The summed E-state index contributed by atoms with van der Waals surface area (Å²) in [6, 6.07) is 0. The minimum atomic E-state index is -1.02. The Kier molecular flexibility index (Phi) is 7.14. The van der Waals surface area contributed by atoms with Crippen molar-refractivity contribution >= 4 is 42.4 Å². The van der Waals surface area contributed by atoms with Crippen molar-refractivity contribution in [2.45, 2.75) is 18.5 Å². The number of rotatable bonds is 3. The molecule has 1 aliphatic heterocycles. The average Bonchev–Trinajstić information content (AvgIpc) is 2.19. The summed E-state index contributed by atoms with van der Waals surface area (Å²) in [5.74, 6) is 0. The second kappa shape index (κ2) is 6.93. The van der Waals surface area contributed by atoms with Gasteiger partial charge in [0.1, 0.15) is 12.3 Å². The van der Waals surface area contributed by atoms with Gasteiger partial charge in [-0.2, -0.15) is 8.84 Å². The van der Waals surface area contributed by atoms with E-state index < -0.39 is 18.5 Å².